The fraction of sp³-hybridized carbons (Fsp3) is 0.214. The molecule has 1 aromatic heterocycles. The van der Waals surface area contributed by atoms with E-state index >= 15 is 0 Å². The monoisotopic (exact) mass is 433 g/mol. The van der Waals surface area contributed by atoms with Crippen LogP contribution in [-0.2, 0) is 0 Å². The van der Waals surface area contributed by atoms with Crippen molar-refractivity contribution in [3.63, 3.8) is 0 Å². The van der Waals surface area contributed by atoms with Crippen LogP contribution in [0.5, 0.6) is 0 Å². The number of hydrogen-bond donors (Lipinski definition) is 1. The minimum absolute atomic E-state index is 0.0854. The van der Waals surface area contributed by atoms with Gasteiger partial charge in [-0.05, 0) is 60.7 Å². The van der Waals surface area contributed by atoms with Crippen molar-refractivity contribution in [3.8, 4) is 11.3 Å². The largest absolute Gasteiger partial charge is 0.477 e. The van der Waals surface area contributed by atoms with E-state index in [0.29, 0.717) is 5.69 Å². The van der Waals surface area contributed by atoms with Crippen LogP contribution in [0.25, 0.3) is 11.3 Å². The van der Waals surface area contributed by atoms with Crippen molar-refractivity contribution < 1.29 is 9.90 Å². The molecule has 0 fully saturated rings. The number of benzene rings is 1. The number of halogens is 2. The average Bonchev–Trinajstić information content (AvgIpc) is 2.73. The molecule has 0 unspecified atom stereocenters. The lowest BCUT2D eigenvalue weighted by Crippen LogP contribution is -2.11. The summed E-state index contributed by atoms with van der Waals surface area (Å²) in [7, 11) is 0. The van der Waals surface area contributed by atoms with E-state index in [-0.39, 0.29) is 6.04 Å². The molecule has 0 spiro atoms. The Balaban J connectivity index is 2.65. The molecule has 3 nitrogen and oxygen atoms in total. The van der Waals surface area contributed by atoms with Crippen molar-refractivity contribution in [1.82, 2.24) is 4.57 Å². The lowest BCUT2D eigenvalue weighted by Gasteiger charge is -2.16. The van der Waals surface area contributed by atoms with Crippen molar-refractivity contribution in [2.24, 2.45) is 0 Å². The van der Waals surface area contributed by atoms with Crippen LogP contribution >= 0.6 is 38.5 Å². The second-order valence-corrected chi connectivity index (χ2v) is 6.60. The SMILES string of the molecule is CC(C)n1c(C(=O)O)ccc1-c1ccc(I)cc1Br. The van der Waals surface area contributed by atoms with Gasteiger partial charge in [0.15, 0.2) is 0 Å². The molecule has 2 rings (SSSR count). The molecule has 2 aromatic rings. The molecule has 1 N–H and O–H groups in total. The van der Waals surface area contributed by atoms with E-state index in [4.69, 9.17) is 0 Å². The molecule has 0 aliphatic heterocycles. The highest BCUT2D eigenvalue weighted by Gasteiger charge is 2.18. The van der Waals surface area contributed by atoms with Crippen LogP contribution < -0.4 is 0 Å². The van der Waals surface area contributed by atoms with Crippen LogP contribution in [-0.4, -0.2) is 15.6 Å². The van der Waals surface area contributed by atoms with E-state index < -0.39 is 5.97 Å². The quantitative estimate of drug-likeness (QED) is 0.706. The molecule has 0 bridgehead atoms. The maximum atomic E-state index is 11.3. The predicted molar refractivity (Wildman–Crippen MR) is 87.6 cm³/mol. The lowest BCUT2D eigenvalue weighted by atomic mass is 10.1. The summed E-state index contributed by atoms with van der Waals surface area (Å²) in [4.78, 5) is 11.3. The summed E-state index contributed by atoms with van der Waals surface area (Å²) in [5.74, 6) is -0.901. The predicted octanol–water partition coefficient (Wildman–Crippen LogP) is 4.80. The number of carbonyl (C=O) groups is 1. The van der Waals surface area contributed by atoms with Gasteiger partial charge in [-0.3, -0.25) is 0 Å². The van der Waals surface area contributed by atoms with Crippen LogP contribution in [0.3, 0.4) is 0 Å². The Bertz CT molecular complexity index is 634. The van der Waals surface area contributed by atoms with E-state index in [9.17, 15) is 9.90 Å². The summed E-state index contributed by atoms with van der Waals surface area (Å²) in [6, 6.07) is 9.64. The van der Waals surface area contributed by atoms with Gasteiger partial charge in [-0.25, -0.2) is 4.79 Å². The highest BCUT2D eigenvalue weighted by atomic mass is 127. The first-order valence-electron chi connectivity index (χ1n) is 5.81. The summed E-state index contributed by atoms with van der Waals surface area (Å²) in [5.41, 5.74) is 2.23. The molecule has 1 aromatic carbocycles. The Kier molecular flexibility index (Phi) is 4.35. The van der Waals surface area contributed by atoms with E-state index in [1.807, 2.05) is 42.7 Å². The maximum Gasteiger partial charge on any atom is 0.352 e. The summed E-state index contributed by atoms with van der Waals surface area (Å²) in [6.07, 6.45) is 0. The minimum atomic E-state index is -0.901. The van der Waals surface area contributed by atoms with Crippen LogP contribution in [0.1, 0.15) is 30.4 Å². The highest BCUT2D eigenvalue weighted by Crippen LogP contribution is 2.33. The van der Waals surface area contributed by atoms with Crippen LogP contribution in [0.15, 0.2) is 34.8 Å². The molecule has 5 heteroatoms. The summed E-state index contributed by atoms with van der Waals surface area (Å²) in [5, 5.41) is 9.25. The molecule has 0 saturated heterocycles. The van der Waals surface area contributed by atoms with Gasteiger partial charge >= 0.3 is 5.97 Å². The zero-order valence-electron chi connectivity index (χ0n) is 10.5. The number of rotatable bonds is 3. The van der Waals surface area contributed by atoms with Gasteiger partial charge in [-0.1, -0.05) is 22.0 Å². The lowest BCUT2D eigenvalue weighted by molar-refractivity contribution is 0.0683. The highest BCUT2D eigenvalue weighted by molar-refractivity contribution is 14.1. The van der Waals surface area contributed by atoms with Gasteiger partial charge in [0.2, 0.25) is 0 Å². The van der Waals surface area contributed by atoms with Crippen molar-refractivity contribution in [1.29, 1.82) is 0 Å². The fourth-order valence-corrected chi connectivity index (χ4v) is 3.60. The Hall–Kier alpha value is -0.820. The zero-order valence-corrected chi connectivity index (χ0v) is 14.3. The Morgan fingerprint density at radius 3 is 2.53 bits per heavy atom. The molecule has 0 amide bonds. The van der Waals surface area contributed by atoms with Crippen molar-refractivity contribution in [3.05, 3.63) is 44.1 Å². The number of carboxylic acids is 1. The number of carboxylic acid groups (broad SMARTS) is 1. The first-order valence-corrected chi connectivity index (χ1v) is 7.69. The van der Waals surface area contributed by atoms with E-state index in [1.54, 1.807) is 6.07 Å². The van der Waals surface area contributed by atoms with Crippen LogP contribution in [0, 0.1) is 3.57 Å². The smallest absolute Gasteiger partial charge is 0.352 e. The molecule has 0 aliphatic rings. The molecular weight excluding hydrogens is 421 g/mol. The third kappa shape index (κ3) is 2.86. The molecule has 100 valence electrons. The van der Waals surface area contributed by atoms with E-state index in [1.165, 1.54) is 0 Å². The first kappa shape index (κ1) is 14.6. The molecule has 0 aliphatic carbocycles. The third-order valence-electron chi connectivity index (χ3n) is 2.86. The second kappa shape index (κ2) is 5.66. The maximum absolute atomic E-state index is 11.3. The summed E-state index contributed by atoms with van der Waals surface area (Å²) in [6.45, 7) is 3.97. The molecule has 19 heavy (non-hydrogen) atoms. The average molecular weight is 434 g/mol. The normalized spacial score (nSPS) is 11.0. The third-order valence-corrected chi connectivity index (χ3v) is 4.19. The standard InChI is InChI=1S/C14H13BrINO2/c1-8(2)17-12(5-6-13(17)14(18)19)10-4-3-9(16)7-11(10)15/h3-8H,1-2H3,(H,18,19). The van der Waals surface area contributed by atoms with E-state index in [2.05, 4.69) is 38.5 Å². The fourth-order valence-electron chi connectivity index (χ4n) is 2.10. The molecule has 1 heterocycles. The minimum Gasteiger partial charge on any atom is -0.477 e. The first-order chi connectivity index (χ1) is 8.91. The number of aromatic carboxylic acids is 1. The number of nitrogens with zero attached hydrogens (tertiary/aromatic N) is 1. The van der Waals surface area contributed by atoms with Gasteiger partial charge in [0.05, 0.1) is 5.69 Å². The topological polar surface area (TPSA) is 42.2 Å². The molecule has 0 atom stereocenters. The number of aromatic nitrogens is 1. The van der Waals surface area contributed by atoms with Gasteiger partial charge in [0.1, 0.15) is 5.69 Å². The molecular formula is C14H13BrINO2. The molecule has 0 saturated carbocycles. The Labute approximate surface area is 133 Å². The second-order valence-electron chi connectivity index (χ2n) is 4.50. The zero-order chi connectivity index (χ0) is 14.2. The number of hydrogen-bond acceptors (Lipinski definition) is 1. The van der Waals surface area contributed by atoms with Gasteiger partial charge < -0.3 is 9.67 Å². The van der Waals surface area contributed by atoms with Crippen molar-refractivity contribution in [2.45, 2.75) is 19.9 Å². The van der Waals surface area contributed by atoms with E-state index in [0.717, 1.165) is 19.3 Å². The van der Waals surface area contributed by atoms with Crippen LogP contribution in [0.4, 0.5) is 0 Å². The Morgan fingerprint density at radius 1 is 1.32 bits per heavy atom. The van der Waals surface area contributed by atoms with Gasteiger partial charge in [-0.15, -0.1) is 0 Å². The van der Waals surface area contributed by atoms with Crippen LogP contribution in [0.2, 0.25) is 0 Å². The summed E-state index contributed by atoms with van der Waals surface area (Å²) < 4.78 is 3.95. The van der Waals surface area contributed by atoms with Gasteiger partial charge in [0.25, 0.3) is 0 Å². The van der Waals surface area contributed by atoms with Gasteiger partial charge in [0, 0.05) is 19.6 Å². The van der Waals surface area contributed by atoms with Gasteiger partial charge in [-0.2, -0.15) is 0 Å². The van der Waals surface area contributed by atoms with Crippen molar-refractivity contribution >= 4 is 44.5 Å². The molecule has 0 radical (unpaired) electrons. The Morgan fingerprint density at radius 2 is 2.00 bits per heavy atom. The summed E-state index contributed by atoms with van der Waals surface area (Å²) >= 11 is 5.80. The van der Waals surface area contributed by atoms with Crippen molar-refractivity contribution in [2.75, 3.05) is 0 Å².